The number of benzene rings is 1. The zero-order valence-corrected chi connectivity index (χ0v) is 11.9. The van der Waals surface area contributed by atoms with Crippen molar-refractivity contribution in [1.29, 1.82) is 0 Å². The van der Waals surface area contributed by atoms with E-state index in [-0.39, 0.29) is 10.5 Å². The van der Waals surface area contributed by atoms with Crippen LogP contribution in [0, 0.1) is 13.8 Å². The van der Waals surface area contributed by atoms with E-state index in [2.05, 4.69) is 11.3 Å². The fraction of sp³-hybridized carbons (Fsp3) is 0.308. The lowest BCUT2D eigenvalue weighted by Gasteiger charge is -2.14. The van der Waals surface area contributed by atoms with Crippen LogP contribution in [0.25, 0.3) is 0 Å². The highest BCUT2D eigenvalue weighted by Gasteiger charge is 2.21. The van der Waals surface area contributed by atoms with Gasteiger partial charge in [0.25, 0.3) is 0 Å². The van der Waals surface area contributed by atoms with E-state index in [0.29, 0.717) is 11.1 Å². The van der Waals surface area contributed by atoms with Gasteiger partial charge in [0.1, 0.15) is 0 Å². The molecular weight excluding hydrogens is 266 g/mol. The van der Waals surface area contributed by atoms with Gasteiger partial charge in [-0.3, -0.25) is 0 Å². The summed E-state index contributed by atoms with van der Waals surface area (Å²) in [5.74, 6) is -1.16. The van der Waals surface area contributed by atoms with Gasteiger partial charge in [0.05, 0.1) is 10.5 Å². The van der Waals surface area contributed by atoms with E-state index in [0.717, 1.165) is 0 Å². The lowest BCUT2D eigenvalue weighted by Crippen LogP contribution is -2.31. The average Bonchev–Trinajstić information content (AvgIpc) is 2.31. The molecule has 1 aromatic carbocycles. The van der Waals surface area contributed by atoms with Gasteiger partial charge in [-0.1, -0.05) is 6.08 Å². The van der Waals surface area contributed by atoms with E-state index in [1.807, 2.05) is 0 Å². The molecule has 0 aliphatic carbocycles. The van der Waals surface area contributed by atoms with Crippen molar-refractivity contribution in [3.63, 3.8) is 0 Å². The van der Waals surface area contributed by atoms with Crippen LogP contribution in [-0.4, -0.2) is 25.5 Å². The maximum Gasteiger partial charge on any atom is 0.335 e. The summed E-state index contributed by atoms with van der Waals surface area (Å²) in [5, 5.41) is 8.99. The van der Waals surface area contributed by atoms with Gasteiger partial charge in [0.2, 0.25) is 10.0 Å². The second-order valence-corrected chi connectivity index (χ2v) is 6.05. The van der Waals surface area contributed by atoms with Crippen molar-refractivity contribution in [3.8, 4) is 0 Å². The fourth-order valence-corrected chi connectivity index (χ4v) is 3.14. The van der Waals surface area contributed by atoms with Crippen LogP contribution in [0.4, 0.5) is 0 Å². The van der Waals surface area contributed by atoms with Gasteiger partial charge in [0, 0.05) is 6.04 Å². The molecule has 1 atom stereocenters. The smallest absolute Gasteiger partial charge is 0.335 e. The van der Waals surface area contributed by atoms with Crippen molar-refractivity contribution in [1.82, 2.24) is 4.72 Å². The molecule has 0 fully saturated rings. The van der Waals surface area contributed by atoms with Crippen LogP contribution >= 0.6 is 0 Å². The van der Waals surface area contributed by atoms with Crippen LogP contribution in [0.2, 0.25) is 0 Å². The Bertz CT molecular complexity index is 620. The highest BCUT2D eigenvalue weighted by atomic mass is 32.2. The Morgan fingerprint density at radius 3 is 2.47 bits per heavy atom. The second kappa shape index (κ2) is 5.54. The molecule has 0 amide bonds. The lowest BCUT2D eigenvalue weighted by atomic mass is 10.1. The van der Waals surface area contributed by atoms with E-state index in [9.17, 15) is 13.2 Å². The molecule has 1 unspecified atom stereocenters. The van der Waals surface area contributed by atoms with Gasteiger partial charge in [-0.25, -0.2) is 17.9 Å². The van der Waals surface area contributed by atoms with Crippen LogP contribution in [0.5, 0.6) is 0 Å². The van der Waals surface area contributed by atoms with Crippen molar-refractivity contribution < 1.29 is 18.3 Å². The second-order valence-electron chi connectivity index (χ2n) is 4.37. The summed E-state index contributed by atoms with van der Waals surface area (Å²) in [6.07, 6.45) is 1.46. The maximum absolute atomic E-state index is 12.2. The number of rotatable bonds is 5. The van der Waals surface area contributed by atoms with Gasteiger partial charge in [-0.2, -0.15) is 0 Å². The molecule has 0 aliphatic heterocycles. The molecule has 0 aliphatic rings. The van der Waals surface area contributed by atoms with Crippen molar-refractivity contribution >= 4 is 16.0 Å². The molecule has 104 valence electrons. The zero-order valence-electron chi connectivity index (χ0n) is 11.1. The largest absolute Gasteiger partial charge is 0.478 e. The van der Waals surface area contributed by atoms with Gasteiger partial charge in [0.15, 0.2) is 0 Å². The Labute approximate surface area is 113 Å². The first kappa shape index (κ1) is 15.4. The predicted octanol–water partition coefficient (Wildman–Crippen LogP) is 1.85. The number of carboxylic acid groups (broad SMARTS) is 1. The van der Waals surface area contributed by atoms with Gasteiger partial charge < -0.3 is 5.11 Å². The molecule has 5 nitrogen and oxygen atoms in total. The summed E-state index contributed by atoms with van der Waals surface area (Å²) in [5.41, 5.74) is 1.11. The van der Waals surface area contributed by atoms with Crippen molar-refractivity contribution in [3.05, 3.63) is 41.5 Å². The number of nitrogens with one attached hydrogen (secondary N) is 1. The highest BCUT2D eigenvalue weighted by molar-refractivity contribution is 7.89. The number of hydrogen-bond acceptors (Lipinski definition) is 3. The molecule has 0 saturated carbocycles. The van der Waals surface area contributed by atoms with Crippen molar-refractivity contribution in [2.45, 2.75) is 31.7 Å². The molecule has 0 bridgehead atoms. The predicted molar refractivity (Wildman–Crippen MR) is 72.9 cm³/mol. The number of carboxylic acids is 1. The minimum atomic E-state index is -3.77. The molecule has 0 aromatic heterocycles. The molecule has 2 N–H and O–H groups in total. The molecule has 6 heteroatoms. The topological polar surface area (TPSA) is 83.5 Å². The van der Waals surface area contributed by atoms with E-state index >= 15 is 0 Å². The third-order valence-electron chi connectivity index (χ3n) is 2.85. The number of carbonyl (C=O) groups is 1. The number of aryl methyl sites for hydroxylation is 1. The Balaban J connectivity index is 3.41. The van der Waals surface area contributed by atoms with E-state index in [4.69, 9.17) is 5.11 Å². The number of hydrogen-bond donors (Lipinski definition) is 2. The van der Waals surface area contributed by atoms with Crippen LogP contribution in [0.15, 0.2) is 29.7 Å². The van der Waals surface area contributed by atoms with Gasteiger partial charge >= 0.3 is 5.97 Å². The molecule has 19 heavy (non-hydrogen) atoms. The first-order valence-corrected chi connectivity index (χ1v) is 7.16. The van der Waals surface area contributed by atoms with E-state index < -0.39 is 22.0 Å². The quantitative estimate of drug-likeness (QED) is 0.808. The highest BCUT2D eigenvalue weighted by Crippen LogP contribution is 2.21. The van der Waals surface area contributed by atoms with Crippen molar-refractivity contribution in [2.24, 2.45) is 0 Å². The van der Waals surface area contributed by atoms with Crippen LogP contribution < -0.4 is 4.72 Å². The molecule has 0 heterocycles. The van der Waals surface area contributed by atoms with E-state index in [1.165, 1.54) is 18.2 Å². The van der Waals surface area contributed by atoms with Crippen LogP contribution in [0.3, 0.4) is 0 Å². The molecule has 0 radical (unpaired) electrons. The summed E-state index contributed by atoms with van der Waals surface area (Å²) in [6, 6.07) is 2.19. The summed E-state index contributed by atoms with van der Waals surface area (Å²) in [7, 11) is -3.77. The number of sulfonamides is 1. The minimum Gasteiger partial charge on any atom is -0.478 e. The third kappa shape index (κ3) is 3.42. The Morgan fingerprint density at radius 1 is 1.42 bits per heavy atom. The van der Waals surface area contributed by atoms with Gasteiger partial charge in [-0.15, -0.1) is 6.58 Å². The monoisotopic (exact) mass is 283 g/mol. The lowest BCUT2D eigenvalue weighted by molar-refractivity contribution is 0.0696. The normalized spacial score (nSPS) is 13.0. The third-order valence-corrected chi connectivity index (χ3v) is 4.54. The molecule has 0 saturated heterocycles. The molecule has 0 spiro atoms. The SMILES string of the molecule is C=CC(C)NS(=O)(=O)c1cc(C(=O)O)cc(C)c1C. The number of aromatic carboxylic acids is 1. The molecular formula is C13H17NO4S. The summed E-state index contributed by atoms with van der Waals surface area (Å²) < 4.78 is 26.8. The summed E-state index contributed by atoms with van der Waals surface area (Å²) >= 11 is 0. The fourth-order valence-electron chi connectivity index (χ4n) is 1.59. The van der Waals surface area contributed by atoms with Crippen LogP contribution in [-0.2, 0) is 10.0 Å². The first-order valence-electron chi connectivity index (χ1n) is 5.68. The van der Waals surface area contributed by atoms with E-state index in [1.54, 1.807) is 20.8 Å². The maximum atomic E-state index is 12.2. The Hall–Kier alpha value is -1.66. The standard InChI is InChI=1S/C13H17NO4S/c1-5-9(3)14-19(17,18)12-7-11(13(15)16)6-8(2)10(12)4/h5-7,9,14H,1H2,2-4H3,(H,15,16). The summed E-state index contributed by atoms with van der Waals surface area (Å²) in [4.78, 5) is 11.0. The Morgan fingerprint density at radius 2 is 2.00 bits per heavy atom. The van der Waals surface area contributed by atoms with Crippen molar-refractivity contribution in [2.75, 3.05) is 0 Å². The first-order chi connectivity index (χ1) is 8.69. The average molecular weight is 283 g/mol. The van der Waals surface area contributed by atoms with Gasteiger partial charge in [-0.05, 0) is 44.0 Å². The summed E-state index contributed by atoms with van der Waals surface area (Å²) in [6.45, 7) is 8.47. The molecule has 1 rings (SSSR count). The Kier molecular flexibility index (Phi) is 4.49. The van der Waals surface area contributed by atoms with Crippen LogP contribution in [0.1, 0.15) is 28.4 Å². The minimum absolute atomic E-state index is 0.0152. The molecule has 1 aromatic rings. The zero-order chi connectivity index (χ0) is 14.8.